The second-order valence-electron chi connectivity index (χ2n) is 6.81. The van der Waals surface area contributed by atoms with E-state index in [9.17, 15) is 14.4 Å². The van der Waals surface area contributed by atoms with Crippen LogP contribution in [-0.2, 0) is 14.4 Å². The van der Waals surface area contributed by atoms with Crippen molar-refractivity contribution in [1.29, 1.82) is 0 Å². The summed E-state index contributed by atoms with van der Waals surface area (Å²) >= 11 is 0. The third-order valence-electron chi connectivity index (χ3n) is 5.22. The number of likely N-dealkylation sites (tertiary alicyclic amines) is 2. The van der Waals surface area contributed by atoms with Gasteiger partial charge in [-0.15, -0.1) is 0 Å². The van der Waals surface area contributed by atoms with Gasteiger partial charge in [0.2, 0.25) is 17.7 Å². The number of nitrogens with one attached hydrogen (secondary N) is 1. The molecule has 0 bridgehead atoms. The van der Waals surface area contributed by atoms with Crippen LogP contribution in [0.2, 0.25) is 0 Å². The van der Waals surface area contributed by atoms with E-state index >= 15 is 0 Å². The summed E-state index contributed by atoms with van der Waals surface area (Å²) in [6, 6.07) is -0.181. The van der Waals surface area contributed by atoms with Crippen molar-refractivity contribution < 1.29 is 14.4 Å². The molecule has 122 valence electrons. The fourth-order valence-electron chi connectivity index (χ4n) is 3.85. The Labute approximate surface area is 131 Å². The molecule has 3 atom stereocenters. The van der Waals surface area contributed by atoms with E-state index in [0.717, 1.165) is 45.3 Å². The zero-order valence-electron chi connectivity index (χ0n) is 13.2. The van der Waals surface area contributed by atoms with Crippen LogP contribution in [-0.4, -0.2) is 59.2 Å². The Kier molecular flexibility index (Phi) is 4.36. The molecule has 1 N–H and O–H groups in total. The van der Waals surface area contributed by atoms with Gasteiger partial charge in [-0.3, -0.25) is 14.4 Å². The van der Waals surface area contributed by atoms with Crippen molar-refractivity contribution in [2.24, 2.45) is 5.92 Å². The monoisotopic (exact) mass is 307 g/mol. The smallest absolute Gasteiger partial charge is 0.245 e. The lowest BCUT2D eigenvalue weighted by molar-refractivity contribution is -0.135. The first-order valence-electron chi connectivity index (χ1n) is 8.45. The zero-order chi connectivity index (χ0) is 15.7. The molecule has 0 radical (unpaired) electrons. The van der Waals surface area contributed by atoms with Gasteiger partial charge in [0, 0.05) is 38.0 Å². The highest BCUT2D eigenvalue weighted by Gasteiger charge is 2.41. The lowest BCUT2D eigenvalue weighted by Crippen LogP contribution is -2.45. The maximum atomic E-state index is 12.5. The van der Waals surface area contributed by atoms with Crippen LogP contribution in [0.3, 0.4) is 0 Å². The van der Waals surface area contributed by atoms with E-state index < -0.39 is 6.04 Å². The molecular weight excluding hydrogens is 282 g/mol. The zero-order valence-corrected chi connectivity index (χ0v) is 13.2. The lowest BCUT2D eigenvalue weighted by atomic mass is 9.99. The number of rotatable bonds is 3. The highest BCUT2D eigenvalue weighted by Crippen LogP contribution is 2.25. The first kappa shape index (κ1) is 15.3. The van der Waals surface area contributed by atoms with Gasteiger partial charge < -0.3 is 15.1 Å². The van der Waals surface area contributed by atoms with E-state index in [4.69, 9.17) is 0 Å². The predicted octanol–water partition coefficient (Wildman–Crippen LogP) is 0.515. The predicted molar refractivity (Wildman–Crippen MR) is 80.9 cm³/mol. The topological polar surface area (TPSA) is 69.7 Å². The van der Waals surface area contributed by atoms with Crippen molar-refractivity contribution >= 4 is 17.7 Å². The molecule has 6 nitrogen and oxygen atoms in total. The van der Waals surface area contributed by atoms with Crippen molar-refractivity contribution in [3.05, 3.63) is 0 Å². The summed E-state index contributed by atoms with van der Waals surface area (Å²) < 4.78 is 0. The number of nitrogens with zero attached hydrogens (tertiary/aromatic N) is 2. The second kappa shape index (κ2) is 6.26. The fourth-order valence-corrected chi connectivity index (χ4v) is 3.85. The largest absolute Gasteiger partial charge is 0.344 e. The third kappa shape index (κ3) is 2.96. The average Bonchev–Trinajstić information content (AvgIpc) is 3.20. The Balaban J connectivity index is 1.56. The molecule has 3 rings (SSSR count). The van der Waals surface area contributed by atoms with Gasteiger partial charge in [-0.2, -0.15) is 0 Å². The summed E-state index contributed by atoms with van der Waals surface area (Å²) in [6.07, 6.45) is 4.87. The van der Waals surface area contributed by atoms with Crippen LogP contribution in [0.5, 0.6) is 0 Å². The summed E-state index contributed by atoms with van der Waals surface area (Å²) in [6.45, 7) is 4.45. The molecule has 3 heterocycles. The number of carbonyl (C=O) groups excluding carboxylic acids is 3. The van der Waals surface area contributed by atoms with E-state index in [0.29, 0.717) is 6.42 Å². The highest BCUT2D eigenvalue weighted by atomic mass is 16.2. The van der Waals surface area contributed by atoms with Crippen LogP contribution < -0.4 is 5.32 Å². The molecule has 0 aromatic heterocycles. The van der Waals surface area contributed by atoms with Crippen molar-refractivity contribution in [3.8, 4) is 0 Å². The number of hydrogen-bond donors (Lipinski definition) is 1. The highest BCUT2D eigenvalue weighted by molar-refractivity contribution is 5.94. The fraction of sp³-hybridized carbons (Fsp3) is 0.812. The van der Waals surface area contributed by atoms with E-state index in [2.05, 4.69) is 12.2 Å². The minimum Gasteiger partial charge on any atom is -0.344 e. The summed E-state index contributed by atoms with van der Waals surface area (Å²) in [5.74, 6) is -0.410. The van der Waals surface area contributed by atoms with E-state index in [1.54, 1.807) is 0 Å². The van der Waals surface area contributed by atoms with E-state index in [-0.39, 0.29) is 36.1 Å². The van der Waals surface area contributed by atoms with Crippen LogP contribution in [0.25, 0.3) is 0 Å². The molecule has 22 heavy (non-hydrogen) atoms. The first-order valence-corrected chi connectivity index (χ1v) is 8.45. The first-order chi connectivity index (χ1) is 10.6. The Hall–Kier alpha value is -1.59. The molecular formula is C16H25N3O3. The summed E-state index contributed by atoms with van der Waals surface area (Å²) in [7, 11) is 0. The molecule has 0 saturated carbocycles. The van der Waals surface area contributed by atoms with Crippen LogP contribution in [0.4, 0.5) is 0 Å². The molecule has 3 amide bonds. The third-order valence-corrected chi connectivity index (χ3v) is 5.22. The summed E-state index contributed by atoms with van der Waals surface area (Å²) in [5, 5.41) is 2.80. The number of hydrogen-bond acceptors (Lipinski definition) is 3. The van der Waals surface area contributed by atoms with Crippen LogP contribution in [0.15, 0.2) is 0 Å². The Morgan fingerprint density at radius 3 is 2.55 bits per heavy atom. The van der Waals surface area contributed by atoms with E-state index in [1.165, 1.54) is 0 Å². The van der Waals surface area contributed by atoms with Gasteiger partial charge in [0.25, 0.3) is 0 Å². The lowest BCUT2D eigenvalue weighted by Gasteiger charge is -2.24. The van der Waals surface area contributed by atoms with Gasteiger partial charge in [-0.25, -0.2) is 0 Å². The molecule has 0 unspecified atom stereocenters. The van der Waals surface area contributed by atoms with Gasteiger partial charge in [0.05, 0.1) is 0 Å². The standard InChI is InChI=1S/C16H25N3O3/c1-11-5-4-8-19(11)16(22)13-9-12(15(21)17-13)10-14(20)18-6-2-3-7-18/h11-13H,2-10H2,1H3,(H,17,21)/t11-,12+,13+/m1/s1. The van der Waals surface area contributed by atoms with Crippen molar-refractivity contribution in [3.63, 3.8) is 0 Å². The Morgan fingerprint density at radius 1 is 1.18 bits per heavy atom. The Morgan fingerprint density at radius 2 is 1.91 bits per heavy atom. The minimum atomic E-state index is -0.440. The second-order valence-corrected chi connectivity index (χ2v) is 6.81. The molecule has 0 spiro atoms. The SMILES string of the molecule is C[C@@H]1CCCN1C(=O)[C@@H]1C[C@@H](CC(=O)N2CCCC2)C(=O)N1. The van der Waals surface area contributed by atoms with Gasteiger partial charge in [-0.05, 0) is 39.0 Å². The number of amides is 3. The normalized spacial score (nSPS) is 31.7. The van der Waals surface area contributed by atoms with Gasteiger partial charge in [-0.1, -0.05) is 0 Å². The van der Waals surface area contributed by atoms with Crippen LogP contribution in [0, 0.1) is 5.92 Å². The van der Waals surface area contributed by atoms with Gasteiger partial charge in [0.1, 0.15) is 6.04 Å². The molecule has 3 aliphatic rings. The minimum absolute atomic E-state index is 0.0227. The molecule has 0 aromatic rings. The molecule has 0 aliphatic carbocycles. The molecule has 3 aliphatic heterocycles. The van der Waals surface area contributed by atoms with Crippen molar-refractivity contribution in [2.45, 2.75) is 57.5 Å². The Bertz CT molecular complexity index is 473. The summed E-state index contributed by atoms with van der Waals surface area (Å²) in [5.41, 5.74) is 0. The summed E-state index contributed by atoms with van der Waals surface area (Å²) in [4.78, 5) is 40.5. The molecule has 0 aromatic carbocycles. The number of carbonyl (C=O) groups is 3. The quantitative estimate of drug-likeness (QED) is 0.826. The van der Waals surface area contributed by atoms with Crippen molar-refractivity contribution in [1.82, 2.24) is 15.1 Å². The van der Waals surface area contributed by atoms with Gasteiger partial charge in [0.15, 0.2) is 0 Å². The van der Waals surface area contributed by atoms with Gasteiger partial charge >= 0.3 is 0 Å². The molecule has 3 saturated heterocycles. The maximum Gasteiger partial charge on any atom is 0.245 e. The van der Waals surface area contributed by atoms with E-state index in [1.807, 2.05) is 9.80 Å². The molecule has 3 fully saturated rings. The maximum absolute atomic E-state index is 12.5. The molecule has 6 heteroatoms. The average molecular weight is 307 g/mol. The van der Waals surface area contributed by atoms with Crippen LogP contribution >= 0.6 is 0 Å². The van der Waals surface area contributed by atoms with Crippen molar-refractivity contribution in [2.75, 3.05) is 19.6 Å². The van der Waals surface area contributed by atoms with Crippen LogP contribution in [0.1, 0.15) is 45.4 Å².